The minimum Gasteiger partial charge on any atom is -0.308 e. The fraction of sp³-hybridized carbons (Fsp3) is 0.250. The maximum absolute atomic E-state index is 4.65. The van der Waals surface area contributed by atoms with E-state index in [9.17, 15) is 0 Å². The minimum atomic E-state index is 0.832. The summed E-state index contributed by atoms with van der Waals surface area (Å²) in [4.78, 5) is 9.12. The van der Waals surface area contributed by atoms with Crippen molar-refractivity contribution in [1.29, 1.82) is 0 Å². The van der Waals surface area contributed by atoms with Gasteiger partial charge in [0.15, 0.2) is 5.65 Å². The number of benzene rings is 1. The Labute approximate surface area is 112 Å². The normalized spacial score (nSPS) is 11.1. The summed E-state index contributed by atoms with van der Waals surface area (Å²) in [5.74, 6) is 1.09. The molecule has 3 aromatic rings. The quantitative estimate of drug-likeness (QED) is 0.714. The predicted octanol–water partition coefficient (Wildman–Crippen LogP) is 3.35. The predicted molar refractivity (Wildman–Crippen MR) is 77.2 cm³/mol. The average Bonchev–Trinajstić information content (AvgIpc) is 2.77. The Kier molecular flexibility index (Phi) is 3.03. The van der Waals surface area contributed by atoms with Crippen molar-refractivity contribution in [3.63, 3.8) is 0 Å². The van der Waals surface area contributed by atoms with Gasteiger partial charge in [0, 0.05) is 12.6 Å². The lowest BCUT2D eigenvalue weighted by molar-refractivity contribution is 0.745. The summed E-state index contributed by atoms with van der Waals surface area (Å²) in [5.41, 5.74) is 4.53. The van der Waals surface area contributed by atoms with Gasteiger partial charge in [0.2, 0.25) is 0 Å². The lowest BCUT2D eigenvalue weighted by Crippen LogP contribution is -2.05. The van der Waals surface area contributed by atoms with E-state index in [2.05, 4.69) is 52.6 Å². The fourth-order valence-corrected chi connectivity index (χ4v) is 2.43. The summed E-state index contributed by atoms with van der Waals surface area (Å²) in [6.45, 7) is 5.08. The van der Waals surface area contributed by atoms with Crippen LogP contribution < -0.4 is 0 Å². The van der Waals surface area contributed by atoms with Crippen LogP contribution in [0.1, 0.15) is 23.9 Å². The van der Waals surface area contributed by atoms with Gasteiger partial charge < -0.3 is 4.57 Å². The molecule has 96 valence electrons. The first-order valence-corrected chi connectivity index (χ1v) is 6.63. The van der Waals surface area contributed by atoms with Crippen LogP contribution in [0.5, 0.6) is 0 Å². The lowest BCUT2D eigenvalue weighted by atomic mass is 10.1. The van der Waals surface area contributed by atoms with Gasteiger partial charge in [-0.3, -0.25) is 0 Å². The van der Waals surface area contributed by atoms with Gasteiger partial charge in [-0.2, -0.15) is 0 Å². The first-order chi connectivity index (χ1) is 9.28. The second-order valence-corrected chi connectivity index (χ2v) is 4.80. The molecule has 0 fully saturated rings. The molecule has 0 saturated heterocycles. The highest BCUT2D eigenvalue weighted by atomic mass is 15.1. The Morgan fingerprint density at radius 1 is 1.16 bits per heavy atom. The lowest BCUT2D eigenvalue weighted by Gasteiger charge is -2.08. The summed E-state index contributed by atoms with van der Waals surface area (Å²) < 4.78 is 2.21. The van der Waals surface area contributed by atoms with Crippen LogP contribution in [0.25, 0.3) is 11.2 Å². The Balaban J connectivity index is 2.08. The molecule has 0 saturated carbocycles. The van der Waals surface area contributed by atoms with Crippen LogP contribution in [0.15, 0.2) is 42.6 Å². The molecule has 0 aliphatic rings. The van der Waals surface area contributed by atoms with E-state index in [1.54, 1.807) is 0 Å². The number of nitrogens with zero attached hydrogens (tertiary/aromatic N) is 3. The van der Waals surface area contributed by atoms with E-state index in [0.717, 1.165) is 30.0 Å². The van der Waals surface area contributed by atoms with Crippen molar-refractivity contribution >= 4 is 11.2 Å². The van der Waals surface area contributed by atoms with E-state index < -0.39 is 0 Å². The van der Waals surface area contributed by atoms with Crippen molar-refractivity contribution in [3.05, 3.63) is 59.5 Å². The SMILES string of the molecule is CCc1nc2cccnc2n1Cc1cccc(C)c1. The van der Waals surface area contributed by atoms with Crippen molar-refractivity contribution < 1.29 is 0 Å². The van der Waals surface area contributed by atoms with Crippen LogP contribution in [0.4, 0.5) is 0 Å². The molecule has 0 aliphatic heterocycles. The number of hydrogen-bond donors (Lipinski definition) is 0. The molecule has 0 spiro atoms. The van der Waals surface area contributed by atoms with Crippen LogP contribution >= 0.6 is 0 Å². The zero-order chi connectivity index (χ0) is 13.2. The minimum absolute atomic E-state index is 0.832. The molecule has 2 aromatic heterocycles. The summed E-state index contributed by atoms with van der Waals surface area (Å²) in [6, 6.07) is 12.5. The highest BCUT2D eigenvalue weighted by Crippen LogP contribution is 2.16. The number of pyridine rings is 1. The Hall–Kier alpha value is -2.16. The molecule has 0 atom stereocenters. The van der Waals surface area contributed by atoms with Gasteiger partial charge in [-0.05, 0) is 24.6 Å². The third kappa shape index (κ3) is 2.24. The molecular formula is C16H17N3. The molecule has 0 amide bonds. The highest BCUT2D eigenvalue weighted by Gasteiger charge is 2.10. The van der Waals surface area contributed by atoms with Gasteiger partial charge in [-0.25, -0.2) is 9.97 Å². The molecule has 0 bridgehead atoms. The topological polar surface area (TPSA) is 30.7 Å². The van der Waals surface area contributed by atoms with Gasteiger partial charge in [0.25, 0.3) is 0 Å². The van der Waals surface area contributed by atoms with E-state index in [-0.39, 0.29) is 0 Å². The Bertz CT molecular complexity index is 713. The van der Waals surface area contributed by atoms with Gasteiger partial charge in [0.05, 0.1) is 6.54 Å². The summed E-state index contributed by atoms with van der Waals surface area (Å²) >= 11 is 0. The average molecular weight is 251 g/mol. The third-order valence-electron chi connectivity index (χ3n) is 3.32. The van der Waals surface area contributed by atoms with Crippen LogP contribution in [0, 0.1) is 6.92 Å². The summed E-state index contributed by atoms with van der Waals surface area (Å²) in [6.07, 6.45) is 2.75. The fourth-order valence-electron chi connectivity index (χ4n) is 2.43. The standard InChI is InChI=1S/C16H17N3/c1-3-15-18-14-8-5-9-17-16(14)19(15)11-13-7-4-6-12(2)10-13/h4-10H,3,11H2,1-2H3. The monoisotopic (exact) mass is 251 g/mol. The molecular weight excluding hydrogens is 234 g/mol. The Morgan fingerprint density at radius 2 is 2.05 bits per heavy atom. The smallest absolute Gasteiger partial charge is 0.160 e. The van der Waals surface area contributed by atoms with Gasteiger partial charge in [-0.1, -0.05) is 36.8 Å². The van der Waals surface area contributed by atoms with Crippen molar-refractivity contribution in [1.82, 2.24) is 14.5 Å². The number of hydrogen-bond acceptors (Lipinski definition) is 2. The van der Waals surface area contributed by atoms with Crippen LogP contribution in [0.3, 0.4) is 0 Å². The molecule has 2 heterocycles. The summed E-state index contributed by atoms with van der Waals surface area (Å²) in [7, 11) is 0. The maximum Gasteiger partial charge on any atom is 0.160 e. The van der Waals surface area contributed by atoms with Crippen molar-refractivity contribution in [2.45, 2.75) is 26.8 Å². The molecule has 0 radical (unpaired) electrons. The third-order valence-corrected chi connectivity index (χ3v) is 3.32. The number of aromatic nitrogens is 3. The molecule has 3 rings (SSSR count). The number of imidazole rings is 1. The molecule has 3 heteroatoms. The van der Waals surface area contributed by atoms with Gasteiger partial charge in [-0.15, -0.1) is 0 Å². The highest BCUT2D eigenvalue weighted by molar-refractivity contribution is 5.71. The molecule has 0 N–H and O–H groups in total. The molecule has 0 unspecified atom stereocenters. The molecule has 1 aromatic carbocycles. The van der Waals surface area contributed by atoms with E-state index in [1.807, 2.05) is 18.3 Å². The molecule has 19 heavy (non-hydrogen) atoms. The zero-order valence-electron chi connectivity index (χ0n) is 11.3. The maximum atomic E-state index is 4.65. The second-order valence-electron chi connectivity index (χ2n) is 4.80. The number of fused-ring (bicyclic) bond motifs is 1. The largest absolute Gasteiger partial charge is 0.308 e. The molecule has 3 nitrogen and oxygen atoms in total. The van der Waals surface area contributed by atoms with Crippen LogP contribution in [-0.4, -0.2) is 14.5 Å². The first-order valence-electron chi connectivity index (χ1n) is 6.63. The van der Waals surface area contributed by atoms with Crippen molar-refractivity contribution in [3.8, 4) is 0 Å². The molecule has 0 aliphatic carbocycles. The van der Waals surface area contributed by atoms with Crippen LogP contribution in [-0.2, 0) is 13.0 Å². The van der Waals surface area contributed by atoms with E-state index in [0.29, 0.717) is 0 Å². The second kappa shape index (κ2) is 4.84. The van der Waals surface area contributed by atoms with E-state index >= 15 is 0 Å². The van der Waals surface area contributed by atoms with E-state index in [1.165, 1.54) is 11.1 Å². The van der Waals surface area contributed by atoms with Crippen LogP contribution in [0.2, 0.25) is 0 Å². The Morgan fingerprint density at radius 3 is 2.84 bits per heavy atom. The van der Waals surface area contributed by atoms with Crippen molar-refractivity contribution in [2.24, 2.45) is 0 Å². The first kappa shape index (κ1) is 11.9. The number of rotatable bonds is 3. The van der Waals surface area contributed by atoms with Crippen molar-refractivity contribution in [2.75, 3.05) is 0 Å². The van der Waals surface area contributed by atoms with E-state index in [4.69, 9.17) is 0 Å². The number of aryl methyl sites for hydroxylation is 2. The van der Waals surface area contributed by atoms with Gasteiger partial charge >= 0.3 is 0 Å². The summed E-state index contributed by atoms with van der Waals surface area (Å²) in [5, 5.41) is 0. The zero-order valence-corrected chi connectivity index (χ0v) is 11.3. The van der Waals surface area contributed by atoms with Gasteiger partial charge in [0.1, 0.15) is 11.3 Å².